The van der Waals surface area contributed by atoms with Crippen LogP contribution in [0, 0.1) is 47.3 Å². The van der Waals surface area contributed by atoms with E-state index in [4.69, 9.17) is 76.3 Å². The summed E-state index contributed by atoms with van der Waals surface area (Å²) in [5.74, 6) is -6.50. The number of Topliss-reactive ketones (excluding diaryl/α,β-unsaturated/α-hetero) is 1. The quantitative estimate of drug-likeness (QED) is 0.0580. The first-order valence-electron chi connectivity index (χ1n) is 39.9. The van der Waals surface area contributed by atoms with E-state index in [-0.39, 0.29) is 68.2 Å². The molecule has 0 amide bonds. The number of carbonyl (C=O) groups excluding carboxylic acids is 3. The summed E-state index contributed by atoms with van der Waals surface area (Å²) in [7, 11) is 13.5. The Bertz CT molecular complexity index is 3030. The lowest BCUT2D eigenvalue weighted by Crippen LogP contribution is -2.61. The van der Waals surface area contributed by atoms with E-state index in [1.807, 2.05) is 65.7 Å². The van der Waals surface area contributed by atoms with Crippen molar-refractivity contribution in [1.29, 1.82) is 0 Å². The number of aliphatic carboxylic acids is 2. The Morgan fingerprint density at radius 1 is 0.518 bits per heavy atom. The lowest BCUT2D eigenvalue weighted by molar-refractivity contribution is -0.319. The van der Waals surface area contributed by atoms with E-state index < -0.39 is 229 Å². The number of aliphatic hydroxyl groups excluding tert-OH is 6. The van der Waals surface area contributed by atoms with Crippen LogP contribution in [0.4, 0.5) is 0 Å². The molecule has 35 nitrogen and oxygen atoms in total. The third-order valence-electron chi connectivity index (χ3n) is 24.9. The number of carboxylic acid groups (broad SMARTS) is 2. The molecule has 0 radical (unpaired) electrons. The molecule has 6 fully saturated rings. The molecule has 25 unspecified atom stereocenters. The van der Waals surface area contributed by atoms with E-state index in [0.29, 0.717) is 19.4 Å². The van der Waals surface area contributed by atoms with Gasteiger partial charge in [0, 0.05) is 88.9 Å². The lowest BCUT2D eigenvalue weighted by Gasteiger charge is -2.50. The van der Waals surface area contributed by atoms with Crippen molar-refractivity contribution in [2.75, 3.05) is 76.5 Å². The maximum atomic E-state index is 14.3. The number of nitrogens with two attached hydrogens (primary N) is 1. The monoisotopic (exact) mass is 1640 g/mol. The van der Waals surface area contributed by atoms with E-state index in [2.05, 4.69) is 15.9 Å². The van der Waals surface area contributed by atoms with Crippen molar-refractivity contribution in [3.8, 4) is 0 Å². The number of hydrogen-bond acceptors (Lipinski definition) is 33. The molecular weight excluding hydrogens is 1500 g/mol. The number of methoxy groups -OCH3 is 4. The van der Waals surface area contributed by atoms with Crippen LogP contribution in [0.2, 0.25) is 0 Å². The summed E-state index contributed by atoms with van der Waals surface area (Å²) in [5.41, 5.74) is -8.37. The van der Waals surface area contributed by atoms with Gasteiger partial charge in [-0.2, -0.15) is 0 Å². The van der Waals surface area contributed by atoms with Crippen LogP contribution in [0.25, 0.3) is 0 Å². The molecule has 0 spiro atoms. The molecule has 0 aliphatic carbocycles. The summed E-state index contributed by atoms with van der Waals surface area (Å²) in [5, 5.41) is 113. The van der Waals surface area contributed by atoms with Crippen molar-refractivity contribution >= 4 is 35.4 Å². The zero-order valence-corrected chi connectivity index (χ0v) is 72.5. The topological polar surface area (TPSA) is 480 Å². The summed E-state index contributed by atoms with van der Waals surface area (Å²) >= 11 is 0. The molecule has 6 aliphatic heterocycles. The van der Waals surface area contributed by atoms with E-state index in [1.165, 1.54) is 42.3 Å². The van der Waals surface area contributed by atoms with Gasteiger partial charge in [-0.25, -0.2) is 15.5 Å². The summed E-state index contributed by atoms with van der Waals surface area (Å²) in [6, 6.07) is -0.577. The van der Waals surface area contributed by atoms with Crippen LogP contribution in [0.1, 0.15) is 183 Å². The van der Waals surface area contributed by atoms with Crippen molar-refractivity contribution in [1.82, 2.24) is 9.80 Å². The first kappa shape index (κ1) is 102. The van der Waals surface area contributed by atoms with Gasteiger partial charge >= 0.3 is 23.9 Å². The molecule has 6 heterocycles. The average Bonchev–Trinajstić information content (AvgIpc) is 0.773. The molecule has 35 atom stereocenters. The third kappa shape index (κ3) is 24.9. The summed E-state index contributed by atoms with van der Waals surface area (Å²) in [4.78, 5) is 76.0. The average molecular weight is 1650 g/mol. The number of oxime groups is 1. The molecule has 6 saturated heterocycles. The molecule has 6 rings (SSSR count). The van der Waals surface area contributed by atoms with Gasteiger partial charge in [0.15, 0.2) is 31.8 Å². The van der Waals surface area contributed by atoms with Crippen molar-refractivity contribution < 1.29 is 151 Å². The first-order chi connectivity index (χ1) is 52.7. The number of nitrogens with zero attached hydrogens (tertiary/aromatic N) is 3. The zero-order valence-electron chi connectivity index (χ0n) is 72.5. The highest BCUT2D eigenvalue weighted by Gasteiger charge is 2.58. The molecule has 12 N–H and O–H groups in total. The second-order valence-corrected chi connectivity index (χ2v) is 34.2. The number of carbonyl (C=O) groups is 5. The predicted octanol–water partition coefficient (Wildman–Crippen LogP) is 3.34. The SMILES string of the molecule is CCC1OC(=O)[C@H](C)C(OC2CC(C)(OC)C(O)C(C)O2)C(C)C(OC2OC(C)CC(N(C)C)C2O)[C@](C)(OC)CC(C)C(=O)[C@H](C)[C@@H](O)[C@]1(C)O.CCC1OC(=O)[C@H](C)C(OC2CC(C)(OC)C(O)C(C)O2)C(C)C(OC2OCCC(N(C)C)C2O)[C@](C)(OC)CC(C)/C(=N\OCC(=O)O)[C@H](C)[C@@H](O)[C@]1(C)O.NOCC(=O)O. The number of ether oxygens (including phenoxy) is 14. The van der Waals surface area contributed by atoms with E-state index in [9.17, 15) is 69.9 Å². The van der Waals surface area contributed by atoms with Gasteiger partial charge < -0.3 is 132 Å². The normalized spacial score (nSPS) is 45.2. The summed E-state index contributed by atoms with van der Waals surface area (Å²) < 4.78 is 87.8. The fourth-order valence-electron chi connectivity index (χ4n) is 17.4. The number of carboxylic acids is 2. The molecule has 6 aliphatic rings. The van der Waals surface area contributed by atoms with Gasteiger partial charge in [0.05, 0.1) is 101 Å². The Morgan fingerprint density at radius 3 is 1.29 bits per heavy atom. The number of ketones is 1. The maximum Gasteiger partial charge on any atom is 0.344 e. The Kier molecular flexibility index (Phi) is 39.1. The van der Waals surface area contributed by atoms with Gasteiger partial charge in [0.25, 0.3) is 0 Å². The molecule has 0 bridgehead atoms. The number of esters is 2. The summed E-state index contributed by atoms with van der Waals surface area (Å²) in [6.45, 7) is 31.4. The zero-order chi connectivity index (χ0) is 87.2. The molecule has 0 saturated carbocycles. The minimum Gasteiger partial charge on any atom is -0.479 e. The van der Waals surface area contributed by atoms with Gasteiger partial charge in [-0.1, -0.05) is 60.5 Å². The molecule has 0 aromatic rings. The predicted molar refractivity (Wildman–Crippen MR) is 411 cm³/mol. The minimum absolute atomic E-state index is 0.103. The standard InChI is InChI=1S/C39H70N2O15.C38H69NO13.C2H5NO3/c1-14-26-39(9,48)32(45)21(3)29(40-52-19-27(42)43)20(2)17-38(8,50-13)34(56-36-30(44)25(41(10)11)15-16-51-36)22(4)31(23(5)35(47)54-26)55-28-18-37(7,49-12)33(46)24(6)53-28;1-15-26-38(10,45)31(42)21(4)28(40)19(2)17-37(9,47-14)33(52-35-29(41)25(39(11)12)16-20(3)48-35)22(5)30(23(6)34(44)50-26)51-27-18-36(8,46-13)32(43)24(7)49-27;3-6-1-2(4)5/h20-26,28,30-34,36,44-46,48H,14-19H2,1-13H3,(H,42,43);19-27,29-33,35,41-43,45H,15-18H2,1-14H3;1,3H2,(H,4,5)/b40-29+;;/t20?,21-,22?,23+,24?,25?,26?,28?,30?,31?,32+,33?,34?,36?,37?,38+,39+;19?,20?,21-,22?,23+,24?,25?,26?,27?,29?,30?,31+,32?,33?,35?,36?,37+,38+;/m00./s1. The number of likely N-dealkylation sites (N-methyl/N-ethyl adjacent to an activating group) is 2. The van der Waals surface area contributed by atoms with Crippen LogP contribution in [0.5, 0.6) is 0 Å². The smallest absolute Gasteiger partial charge is 0.344 e. The molecule has 114 heavy (non-hydrogen) atoms. The van der Waals surface area contributed by atoms with Crippen LogP contribution in [-0.4, -0.2) is 335 Å². The van der Waals surface area contributed by atoms with Gasteiger partial charge in [-0.05, 0) is 143 Å². The Balaban J connectivity index is 0.000000449. The summed E-state index contributed by atoms with van der Waals surface area (Å²) in [6.07, 6.45) is -17.5. The van der Waals surface area contributed by atoms with E-state index in [1.54, 1.807) is 90.0 Å². The lowest BCUT2D eigenvalue weighted by atomic mass is 9.73. The highest BCUT2D eigenvalue weighted by atomic mass is 16.7. The number of aliphatic hydroxyl groups is 8. The van der Waals surface area contributed by atoms with Gasteiger partial charge in [0.2, 0.25) is 6.61 Å². The highest BCUT2D eigenvalue weighted by molar-refractivity contribution is 5.89. The number of rotatable bonds is 21. The minimum atomic E-state index is -2.01. The maximum absolute atomic E-state index is 14.3. The highest BCUT2D eigenvalue weighted by Crippen LogP contribution is 2.45. The largest absolute Gasteiger partial charge is 0.479 e. The second kappa shape index (κ2) is 43.5. The number of hydrogen-bond donors (Lipinski definition) is 11. The van der Waals surface area contributed by atoms with E-state index >= 15 is 0 Å². The fourth-order valence-corrected chi connectivity index (χ4v) is 17.4. The number of cyclic esters (lactones) is 2. The molecule has 0 aromatic carbocycles. The Hall–Kier alpha value is -3.94. The fraction of sp³-hybridized carbons (Fsp3) is 0.924. The third-order valence-corrected chi connectivity index (χ3v) is 24.9. The second-order valence-electron chi connectivity index (χ2n) is 34.2. The van der Waals surface area contributed by atoms with Crippen LogP contribution in [-0.2, 0) is 100.0 Å². The van der Waals surface area contributed by atoms with Crippen molar-refractivity contribution in [2.24, 2.45) is 58.4 Å². The van der Waals surface area contributed by atoms with Gasteiger partial charge in [0.1, 0.15) is 53.6 Å². The molecular formula is C79H144N4O31. The van der Waals surface area contributed by atoms with Crippen LogP contribution in [0.15, 0.2) is 5.16 Å². The first-order valence-corrected chi connectivity index (χ1v) is 39.9. The van der Waals surface area contributed by atoms with Crippen LogP contribution < -0.4 is 5.90 Å². The Labute approximate surface area is 673 Å². The molecule has 0 aromatic heterocycles. The van der Waals surface area contributed by atoms with Gasteiger partial charge in [-0.3, -0.25) is 19.2 Å². The molecule has 35 heteroatoms. The van der Waals surface area contributed by atoms with Crippen molar-refractivity contribution in [3.05, 3.63) is 0 Å². The van der Waals surface area contributed by atoms with Crippen molar-refractivity contribution in [2.45, 2.75) is 345 Å². The van der Waals surface area contributed by atoms with Gasteiger partial charge in [-0.15, -0.1) is 0 Å². The molecule has 666 valence electrons. The van der Waals surface area contributed by atoms with Crippen molar-refractivity contribution in [3.63, 3.8) is 0 Å². The van der Waals surface area contributed by atoms with E-state index in [0.717, 1.165) is 0 Å². The van der Waals surface area contributed by atoms with Crippen LogP contribution in [0.3, 0.4) is 0 Å². The Morgan fingerprint density at radius 2 is 0.912 bits per heavy atom. The van der Waals surface area contributed by atoms with Crippen LogP contribution >= 0.6 is 0 Å².